The van der Waals surface area contributed by atoms with Crippen LogP contribution in [0.3, 0.4) is 0 Å². The lowest BCUT2D eigenvalue weighted by Gasteiger charge is -2.32. The van der Waals surface area contributed by atoms with Gasteiger partial charge in [-0.1, -0.05) is 30.3 Å². The fourth-order valence-corrected chi connectivity index (χ4v) is 4.30. The van der Waals surface area contributed by atoms with Crippen LogP contribution in [0.5, 0.6) is 0 Å². The van der Waals surface area contributed by atoms with Gasteiger partial charge in [-0.25, -0.2) is 4.98 Å². The van der Waals surface area contributed by atoms with Crippen LogP contribution in [0.25, 0.3) is 10.4 Å². The van der Waals surface area contributed by atoms with Gasteiger partial charge in [-0.2, -0.15) is 0 Å². The molecule has 0 spiro atoms. The van der Waals surface area contributed by atoms with Gasteiger partial charge in [-0.05, 0) is 12.0 Å². The van der Waals surface area contributed by atoms with Crippen LogP contribution in [0.15, 0.2) is 35.8 Å². The number of hydrogen-bond acceptors (Lipinski definition) is 5. The van der Waals surface area contributed by atoms with E-state index >= 15 is 0 Å². The first-order chi connectivity index (χ1) is 11.8. The molecule has 6 heteroatoms. The maximum absolute atomic E-state index is 13.0. The van der Waals surface area contributed by atoms with Gasteiger partial charge in [-0.15, -0.1) is 11.3 Å². The van der Waals surface area contributed by atoms with Gasteiger partial charge in [0.25, 0.3) is 5.91 Å². The van der Waals surface area contributed by atoms with E-state index < -0.39 is 0 Å². The first-order valence-corrected chi connectivity index (χ1v) is 9.31. The summed E-state index contributed by atoms with van der Waals surface area (Å²) in [6, 6.07) is 10.5. The van der Waals surface area contributed by atoms with Crippen molar-refractivity contribution in [2.75, 3.05) is 39.4 Å². The molecule has 4 rings (SSSR count). The predicted molar refractivity (Wildman–Crippen MR) is 94.3 cm³/mol. The second-order valence-electron chi connectivity index (χ2n) is 6.24. The molecule has 1 atom stereocenters. The molecule has 126 valence electrons. The monoisotopic (exact) mass is 343 g/mol. The lowest BCUT2D eigenvalue weighted by atomic mass is 10.1. The lowest BCUT2D eigenvalue weighted by Crippen LogP contribution is -2.45. The van der Waals surface area contributed by atoms with Crippen molar-refractivity contribution in [3.63, 3.8) is 0 Å². The van der Waals surface area contributed by atoms with Crippen molar-refractivity contribution in [2.24, 2.45) is 0 Å². The van der Waals surface area contributed by atoms with Crippen LogP contribution >= 0.6 is 11.3 Å². The van der Waals surface area contributed by atoms with Crippen molar-refractivity contribution in [1.29, 1.82) is 0 Å². The third kappa shape index (κ3) is 3.09. The lowest BCUT2D eigenvalue weighted by molar-refractivity contribution is 0.0185. The molecule has 1 unspecified atom stereocenters. The van der Waals surface area contributed by atoms with Gasteiger partial charge in [0.2, 0.25) is 0 Å². The summed E-state index contributed by atoms with van der Waals surface area (Å²) in [6.45, 7) is 5.15. The number of hydrogen-bond donors (Lipinski definition) is 0. The highest BCUT2D eigenvalue weighted by Gasteiger charge is 2.33. The molecule has 1 aromatic carbocycles. The summed E-state index contributed by atoms with van der Waals surface area (Å²) < 4.78 is 5.43. The highest BCUT2D eigenvalue weighted by atomic mass is 32.1. The van der Waals surface area contributed by atoms with Crippen molar-refractivity contribution in [3.05, 3.63) is 41.5 Å². The Kier molecular flexibility index (Phi) is 4.60. The first-order valence-electron chi connectivity index (χ1n) is 8.43. The second-order valence-corrected chi connectivity index (χ2v) is 7.09. The standard InChI is InChI=1S/C18H21N3O2S/c22-18(16-17(24-13-19-16)14-4-2-1-3-5-14)21-7-6-15(12-21)20-8-10-23-11-9-20/h1-5,13,15H,6-12H2. The zero-order valence-corrected chi connectivity index (χ0v) is 14.4. The van der Waals surface area contributed by atoms with Gasteiger partial charge in [0, 0.05) is 32.2 Å². The zero-order valence-electron chi connectivity index (χ0n) is 13.6. The molecule has 3 heterocycles. The van der Waals surface area contributed by atoms with Gasteiger partial charge in [0.05, 0.1) is 23.6 Å². The Bertz CT molecular complexity index is 697. The molecule has 2 aromatic rings. The molecule has 24 heavy (non-hydrogen) atoms. The zero-order chi connectivity index (χ0) is 16.4. The summed E-state index contributed by atoms with van der Waals surface area (Å²) in [5, 5.41) is 0. The number of aromatic nitrogens is 1. The van der Waals surface area contributed by atoms with E-state index in [0.717, 1.165) is 56.3 Å². The van der Waals surface area contributed by atoms with Crippen LogP contribution in [-0.4, -0.2) is 66.1 Å². The fourth-order valence-electron chi connectivity index (χ4n) is 3.51. The quantitative estimate of drug-likeness (QED) is 0.858. The van der Waals surface area contributed by atoms with Crippen LogP contribution in [0.2, 0.25) is 0 Å². The first kappa shape index (κ1) is 15.7. The third-order valence-corrected chi connectivity index (χ3v) is 5.69. The number of ether oxygens (including phenoxy) is 1. The molecule has 5 nitrogen and oxygen atoms in total. The molecule has 0 N–H and O–H groups in total. The molecule has 1 amide bonds. The van der Waals surface area contributed by atoms with E-state index in [1.54, 1.807) is 5.51 Å². The number of carbonyl (C=O) groups excluding carboxylic acids is 1. The molecule has 0 bridgehead atoms. The summed E-state index contributed by atoms with van der Waals surface area (Å²) in [6.07, 6.45) is 1.04. The number of likely N-dealkylation sites (tertiary alicyclic amines) is 1. The number of rotatable bonds is 3. The molecule has 0 radical (unpaired) electrons. The molecule has 0 saturated carbocycles. The summed E-state index contributed by atoms with van der Waals surface area (Å²) in [5.74, 6) is 0.0610. The van der Waals surface area contributed by atoms with Gasteiger partial charge < -0.3 is 9.64 Å². The maximum atomic E-state index is 13.0. The Balaban J connectivity index is 1.48. The number of amides is 1. The molecule has 1 aromatic heterocycles. The van der Waals surface area contributed by atoms with Gasteiger partial charge in [0.15, 0.2) is 0 Å². The minimum absolute atomic E-state index is 0.0610. The number of benzene rings is 1. The van der Waals surface area contributed by atoms with E-state index in [-0.39, 0.29) is 5.91 Å². The Labute approximate surface area is 145 Å². The van der Waals surface area contributed by atoms with Gasteiger partial charge >= 0.3 is 0 Å². The van der Waals surface area contributed by atoms with E-state index in [2.05, 4.69) is 9.88 Å². The van der Waals surface area contributed by atoms with Crippen molar-refractivity contribution < 1.29 is 9.53 Å². The third-order valence-electron chi connectivity index (χ3n) is 4.82. The molecule has 2 fully saturated rings. The average molecular weight is 343 g/mol. The second kappa shape index (κ2) is 7.01. The molecule has 2 saturated heterocycles. The van der Waals surface area contributed by atoms with Crippen LogP contribution in [0, 0.1) is 0 Å². The summed E-state index contributed by atoms with van der Waals surface area (Å²) in [5.41, 5.74) is 3.42. The van der Waals surface area contributed by atoms with Gasteiger partial charge in [0.1, 0.15) is 5.69 Å². The van der Waals surface area contributed by atoms with Crippen LogP contribution in [-0.2, 0) is 4.74 Å². The van der Waals surface area contributed by atoms with Crippen molar-refractivity contribution in [3.8, 4) is 10.4 Å². The Morgan fingerprint density at radius 3 is 2.75 bits per heavy atom. The number of thiazole rings is 1. The largest absolute Gasteiger partial charge is 0.379 e. The van der Waals surface area contributed by atoms with Crippen molar-refractivity contribution in [2.45, 2.75) is 12.5 Å². The fraction of sp³-hybridized carbons (Fsp3) is 0.444. The highest BCUT2D eigenvalue weighted by molar-refractivity contribution is 7.13. The summed E-state index contributed by atoms with van der Waals surface area (Å²) in [4.78, 5) is 22.7. The minimum Gasteiger partial charge on any atom is -0.379 e. The van der Waals surface area contributed by atoms with Crippen LogP contribution in [0.4, 0.5) is 0 Å². The number of morpholine rings is 1. The van der Waals surface area contributed by atoms with E-state index in [1.165, 1.54) is 11.3 Å². The maximum Gasteiger partial charge on any atom is 0.274 e. The average Bonchev–Trinajstić information content (AvgIpc) is 3.32. The molecule has 2 aliphatic rings. The SMILES string of the molecule is O=C(c1ncsc1-c1ccccc1)N1CCC(N2CCOCC2)C1. The van der Waals surface area contributed by atoms with E-state index in [4.69, 9.17) is 4.74 Å². The Morgan fingerprint density at radius 1 is 1.17 bits per heavy atom. The topological polar surface area (TPSA) is 45.7 Å². The van der Waals surface area contributed by atoms with Crippen LogP contribution < -0.4 is 0 Å². The Hall–Kier alpha value is -1.76. The molecule has 2 aliphatic heterocycles. The summed E-state index contributed by atoms with van der Waals surface area (Å²) in [7, 11) is 0. The molecule has 0 aliphatic carbocycles. The summed E-state index contributed by atoms with van der Waals surface area (Å²) >= 11 is 1.53. The number of nitrogens with zero attached hydrogens (tertiary/aromatic N) is 3. The number of carbonyl (C=O) groups is 1. The molecular formula is C18H21N3O2S. The van der Waals surface area contributed by atoms with E-state index in [1.807, 2.05) is 35.2 Å². The smallest absolute Gasteiger partial charge is 0.274 e. The van der Waals surface area contributed by atoms with Crippen LogP contribution in [0.1, 0.15) is 16.9 Å². The minimum atomic E-state index is 0.0610. The van der Waals surface area contributed by atoms with E-state index in [9.17, 15) is 4.79 Å². The predicted octanol–water partition coefficient (Wildman–Crippen LogP) is 2.36. The van der Waals surface area contributed by atoms with Crippen molar-refractivity contribution in [1.82, 2.24) is 14.8 Å². The molecular weight excluding hydrogens is 322 g/mol. The van der Waals surface area contributed by atoms with Gasteiger partial charge in [-0.3, -0.25) is 9.69 Å². The Morgan fingerprint density at radius 2 is 1.96 bits per heavy atom. The normalized spacial score (nSPS) is 22.0. The van der Waals surface area contributed by atoms with E-state index in [0.29, 0.717) is 11.7 Å². The highest BCUT2D eigenvalue weighted by Crippen LogP contribution is 2.29. The van der Waals surface area contributed by atoms with Crippen molar-refractivity contribution >= 4 is 17.2 Å².